The molecule has 0 aliphatic heterocycles. The molecule has 5 aromatic carbocycles. The molecule has 238 valence electrons. The lowest BCUT2D eigenvalue weighted by Crippen LogP contribution is -1.94. The molecule has 0 unspecified atom stereocenters. The highest BCUT2D eigenvalue weighted by Gasteiger charge is 2.17. The molecular formula is C46H28N4S. The minimum Gasteiger partial charge on any atom is -0.255 e. The average molecular weight is 669 g/mol. The van der Waals surface area contributed by atoms with Crippen LogP contribution in [0.25, 0.3) is 98.1 Å². The summed E-state index contributed by atoms with van der Waals surface area (Å²) in [6.07, 6.45) is 3.60. The molecule has 0 bridgehead atoms. The van der Waals surface area contributed by atoms with Crippen molar-refractivity contribution >= 4 is 53.2 Å². The molecule has 0 aliphatic carbocycles. The number of aromatic nitrogens is 4. The molecule has 0 N–H and O–H groups in total. The fourth-order valence-electron chi connectivity index (χ4n) is 7.15. The van der Waals surface area contributed by atoms with Crippen molar-refractivity contribution in [3.05, 3.63) is 170 Å². The van der Waals surface area contributed by atoms with E-state index in [2.05, 4.69) is 131 Å². The van der Waals surface area contributed by atoms with Crippen LogP contribution >= 0.6 is 11.3 Å². The van der Waals surface area contributed by atoms with Gasteiger partial charge in [-0.2, -0.15) is 0 Å². The highest BCUT2D eigenvalue weighted by Crippen LogP contribution is 2.44. The largest absolute Gasteiger partial charge is 0.255 e. The minimum absolute atomic E-state index is 0.812. The van der Waals surface area contributed by atoms with E-state index in [0.29, 0.717) is 0 Å². The minimum atomic E-state index is 0.812. The third kappa shape index (κ3) is 5.14. The Bertz CT molecular complexity index is 2830. The van der Waals surface area contributed by atoms with Gasteiger partial charge in [0.2, 0.25) is 0 Å². The highest BCUT2D eigenvalue weighted by molar-refractivity contribution is 7.26. The lowest BCUT2D eigenvalue weighted by molar-refractivity contribution is 1.22. The van der Waals surface area contributed by atoms with Crippen LogP contribution in [-0.2, 0) is 0 Å². The molecule has 0 fully saturated rings. The van der Waals surface area contributed by atoms with Crippen molar-refractivity contribution in [3.63, 3.8) is 0 Å². The standard InChI is InChI=1S/C46H28N4S/c1-2-10-31(11-3-1)46-36-22-23-43-45(35-12-4-5-15-42(35)51-43)44(36)34-21-20-32(26-39(34)50-46)29-16-18-30(19-17-29)33-27-40(37-13-6-8-24-47-37)49-41(28-33)38-14-7-9-25-48-38/h1-28H. The SMILES string of the molecule is c1ccc(-c2nc3cc(-c4ccc(-c5cc(-c6ccccn6)nc(-c6ccccn6)c5)cc4)ccc3c3c2ccc2sc4ccccc4c23)cc1. The molecule has 4 nitrogen and oxygen atoms in total. The predicted molar refractivity (Wildman–Crippen MR) is 213 cm³/mol. The summed E-state index contributed by atoms with van der Waals surface area (Å²) < 4.78 is 2.60. The van der Waals surface area contributed by atoms with E-state index in [1.165, 1.54) is 36.3 Å². The third-order valence-corrected chi connectivity index (χ3v) is 10.7. The van der Waals surface area contributed by atoms with Gasteiger partial charge in [0.05, 0.1) is 34.0 Å². The number of fused-ring (bicyclic) bond motifs is 7. The summed E-state index contributed by atoms with van der Waals surface area (Å²) in [5, 5.41) is 6.21. The van der Waals surface area contributed by atoms with Crippen LogP contribution < -0.4 is 0 Å². The van der Waals surface area contributed by atoms with Gasteiger partial charge in [-0.1, -0.05) is 103 Å². The van der Waals surface area contributed by atoms with Gasteiger partial charge in [-0.15, -0.1) is 11.3 Å². The van der Waals surface area contributed by atoms with Gasteiger partial charge < -0.3 is 0 Å². The van der Waals surface area contributed by atoms with Crippen LogP contribution in [0.15, 0.2) is 170 Å². The molecule has 0 radical (unpaired) electrons. The second-order valence-corrected chi connectivity index (χ2v) is 13.7. The van der Waals surface area contributed by atoms with E-state index in [4.69, 9.17) is 9.97 Å². The van der Waals surface area contributed by atoms with Gasteiger partial charge in [-0.05, 0) is 76.9 Å². The van der Waals surface area contributed by atoms with Crippen LogP contribution in [-0.4, -0.2) is 19.9 Å². The topological polar surface area (TPSA) is 51.6 Å². The summed E-state index contributed by atoms with van der Waals surface area (Å²) in [5.41, 5.74) is 10.8. The van der Waals surface area contributed by atoms with Gasteiger partial charge in [-0.25, -0.2) is 9.97 Å². The quantitative estimate of drug-likeness (QED) is 0.171. The van der Waals surface area contributed by atoms with Gasteiger partial charge in [-0.3, -0.25) is 9.97 Å². The number of hydrogen-bond acceptors (Lipinski definition) is 5. The molecule has 51 heavy (non-hydrogen) atoms. The van der Waals surface area contributed by atoms with E-state index in [0.717, 1.165) is 61.8 Å². The van der Waals surface area contributed by atoms with Crippen molar-refractivity contribution < 1.29 is 0 Å². The molecule has 10 rings (SSSR count). The number of hydrogen-bond donors (Lipinski definition) is 0. The van der Waals surface area contributed by atoms with Crippen LogP contribution in [0.1, 0.15) is 0 Å². The number of benzene rings is 5. The Balaban J connectivity index is 1.12. The van der Waals surface area contributed by atoms with Crippen LogP contribution in [0.3, 0.4) is 0 Å². The normalized spacial score (nSPS) is 11.5. The molecule has 0 atom stereocenters. The Labute approximate surface area is 298 Å². The van der Waals surface area contributed by atoms with Gasteiger partial charge in [0.25, 0.3) is 0 Å². The first-order chi connectivity index (χ1) is 25.3. The van der Waals surface area contributed by atoms with Crippen molar-refractivity contribution in [2.75, 3.05) is 0 Å². The van der Waals surface area contributed by atoms with E-state index >= 15 is 0 Å². The fourth-order valence-corrected chi connectivity index (χ4v) is 8.26. The number of rotatable bonds is 5. The molecule has 0 aliphatic rings. The maximum atomic E-state index is 5.36. The number of pyridine rings is 4. The molecular weight excluding hydrogens is 641 g/mol. The maximum Gasteiger partial charge on any atom is 0.0900 e. The Morgan fingerprint density at radius 1 is 0.353 bits per heavy atom. The molecule has 0 saturated heterocycles. The van der Waals surface area contributed by atoms with Crippen LogP contribution in [0.4, 0.5) is 0 Å². The van der Waals surface area contributed by atoms with Crippen LogP contribution in [0.5, 0.6) is 0 Å². The number of thiophene rings is 1. The van der Waals surface area contributed by atoms with E-state index < -0.39 is 0 Å². The lowest BCUT2D eigenvalue weighted by atomic mass is 9.94. The van der Waals surface area contributed by atoms with Crippen molar-refractivity contribution in [3.8, 4) is 56.3 Å². The fraction of sp³-hybridized carbons (Fsp3) is 0. The Morgan fingerprint density at radius 3 is 1.69 bits per heavy atom. The van der Waals surface area contributed by atoms with E-state index in [9.17, 15) is 0 Å². The zero-order valence-corrected chi connectivity index (χ0v) is 28.2. The van der Waals surface area contributed by atoms with Crippen LogP contribution in [0.2, 0.25) is 0 Å². The maximum absolute atomic E-state index is 5.36. The first kappa shape index (κ1) is 29.4. The molecule has 0 saturated carbocycles. The van der Waals surface area contributed by atoms with E-state index in [1.807, 2.05) is 47.7 Å². The van der Waals surface area contributed by atoms with Crippen molar-refractivity contribution in [2.24, 2.45) is 0 Å². The van der Waals surface area contributed by atoms with Crippen molar-refractivity contribution in [1.29, 1.82) is 0 Å². The van der Waals surface area contributed by atoms with Gasteiger partial charge in [0.1, 0.15) is 0 Å². The first-order valence-electron chi connectivity index (χ1n) is 17.0. The summed E-state index contributed by atoms with van der Waals surface area (Å²) in [6.45, 7) is 0. The van der Waals surface area contributed by atoms with Crippen molar-refractivity contribution in [1.82, 2.24) is 19.9 Å². The molecule has 0 amide bonds. The van der Waals surface area contributed by atoms with E-state index in [1.54, 1.807) is 12.4 Å². The van der Waals surface area contributed by atoms with Gasteiger partial charge in [0, 0.05) is 54.3 Å². The average Bonchev–Trinajstić information content (AvgIpc) is 3.60. The monoisotopic (exact) mass is 668 g/mol. The van der Waals surface area contributed by atoms with E-state index in [-0.39, 0.29) is 0 Å². The Morgan fingerprint density at radius 2 is 0.980 bits per heavy atom. The summed E-state index contributed by atoms with van der Waals surface area (Å²) in [6, 6.07) is 55.3. The lowest BCUT2D eigenvalue weighted by Gasteiger charge is -2.13. The summed E-state index contributed by atoms with van der Waals surface area (Å²) in [5.74, 6) is 0. The predicted octanol–water partition coefficient (Wildman–Crippen LogP) is 12.3. The Kier molecular flexibility index (Phi) is 6.96. The molecule has 5 heteroatoms. The van der Waals surface area contributed by atoms with Gasteiger partial charge >= 0.3 is 0 Å². The summed E-state index contributed by atoms with van der Waals surface area (Å²) in [7, 11) is 0. The third-order valence-electron chi connectivity index (χ3n) is 9.58. The zero-order valence-electron chi connectivity index (χ0n) is 27.4. The van der Waals surface area contributed by atoms with Crippen LogP contribution in [0, 0.1) is 0 Å². The smallest absolute Gasteiger partial charge is 0.0900 e. The molecule has 5 heterocycles. The number of nitrogens with zero attached hydrogens (tertiary/aromatic N) is 4. The molecule has 0 spiro atoms. The second-order valence-electron chi connectivity index (χ2n) is 12.7. The molecule has 5 aromatic heterocycles. The first-order valence-corrected chi connectivity index (χ1v) is 17.8. The summed E-state index contributed by atoms with van der Waals surface area (Å²) >= 11 is 1.85. The second kappa shape index (κ2) is 12.1. The van der Waals surface area contributed by atoms with Crippen molar-refractivity contribution in [2.45, 2.75) is 0 Å². The van der Waals surface area contributed by atoms with Gasteiger partial charge in [0.15, 0.2) is 0 Å². The molecule has 10 aromatic rings. The zero-order chi connectivity index (χ0) is 33.7. The summed E-state index contributed by atoms with van der Waals surface area (Å²) in [4.78, 5) is 19.5. The highest BCUT2D eigenvalue weighted by atomic mass is 32.1. The Hall–Kier alpha value is -6.56.